The van der Waals surface area contributed by atoms with Gasteiger partial charge in [-0.05, 0) is 33.3 Å². The fraction of sp³-hybridized carbons (Fsp3) is 0.615. The van der Waals surface area contributed by atoms with Crippen LogP contribution in [0.1, 0.15) is 23.9 Å². The number of hydrogen-bond donors (Lipinski definition) is 1. The van der Waals surface area contributed by atoms with Gasteiger partial charge in [0.25, 0.3) is 0 Å². The van der Waals surface area contributed by atoms with Crippen molar-refractivity contribution in [1.29, 1.82) is 0 Å². The van der Waals surface area contributed by atoms with Gasteiger partial charge < -0.3 is 10.1 Å². The summed E-state index contributed by atoms with van der Waals surface area (Å²) in [6, 6.07) is 0. The molecule has 0 fully saturated rings. The molecule has 1 N–H and O–H groups in total. The largest absolute Gasteiger partial charge is 0.383 e. The number of aryl methyl sites for hydroxylation is 2. The Kier molecular flexibility index (Phi) is 6.24. The first-order chi connectivity index (χ1) is 8.95. The maximum atomic E-state index is 11.8. The summed E-state index contributed by atoms with van der Waals surface area (Å²) < 4.78 is 4.89. The minimum atomic E-state index is -0.224. The van der Waals surface area contributed by atoms with E-state index in [2.05, 4.69) is 15.3 Å². The summed E-state index contributed by atoms with van der Waals surface area (Å²) in [7, 11) is 1.61. The summed E-state index contributed by atoms with van der Waals surface area (Å²) in [5.74, 6) is -0.0264. The lowest BCUT2D eigenvalue weighted by molar-refractivity contribution is -0.120. The van der Waals surface area contributed by atoms with E-state index in [1.807, 2.05) is 27.7 Å². The van der Waals surface area contributed by atoms with E-state index in [1.165, 1.54) is 11.8 Å². The number of rotatable bonds is 6. The van der Waals surface area contributed by atoms with E-state index in [0.717, 1.165) is 17.0 Å². The summed E-state index contributed by atoms with van der Waals surface area (Å²) in [6.45, 7) is 8.80. The highest BCUT2D eigenvalue weighted by molar-refractivity contribution is 8.00. The molecule has 19 heavy (non-hydrogen) atoms. The van der Waals surface area contributed by atoms with Crippen molar-refractivity contribution in [1.82, 2.24) is 15.3 Å². The van der Waals surface area contributed by atoms with Gasteiger partial charge in [-0.2, -0.15) is 0 Å². The number of nitrogens with one attached hydrogen (secondary N) is 1. The lowest BCUT2D eigenvalue weighted by Crippen LogP contribution is -2.33. The molecule has 0 radical (unpaired) electrons. The van der Waals surface area contributed by atoms with Gasteiger partial charge in [-0.15, -0.1) is 0 Å². The molecular formula is C13H21N3O2S. The predicted molar refractivity (Wildman–Crippen MR) is 76.4 cm³/mol. The van der Waals surface area contributed by atoms with Crippen LogP contribution in [-0.2, 0) is 9.53 Å². The Balaban J connectivity index is 2.61. The lowest BCUT2D eigenvalue weighted by Gasteiger charge is -2.12. The zero-order valence-electron chi connectivity index (χ0n) is 12.1. The van der Waals surface area contributed by atoms with Gasteiger partial charge in [-0.25, -0.2) is 9.97 Å². The van der Waals surface area contributed by atoms with Gasteiger partial charge in [0.2, 0.25) is 5.91 Å². The van der Waals surface area contributed by atoms with Crippen LogP contribution in [0.5, 0.6) is 0 Å². The molecular weight excluding hydrogens is 262 g/mol. The number of hydrogen-bond acceptors (Lipinski definition) is 5. The van der Waals surface area contributed by atoms with E-state index in [9.17, 15) is 4.79 Å². The van der Waals surface area contributed by atoms with Gasteiger partial charge in [0, 0.05) is 25.0 Å². The summed E-state index contributed by atoms with van der Waals surface area (Å²) in [6.07, 6.45) is 0. The van der Waals surface area contributed by atoms with Gasteiger partial charge in [0.1, 0.15) is 0 Å². The van der Waals surface area contributed by atoms with Crippen LogP contribution < -0.4 is 5.32 Å². The number of ether oxygens (including phenoxy) is 1. The first-order valence-corrected chi connectivity index (χ1v) is 7.08. The van der Waals surface area contributed by atoms with Gasteiger partial charge >= 0.3 is 0 Å². The fourth-order valence-electron chi connectivity index (χ4n) is 1.43. The van der Waals surface area contributed by atoms with Crippen molar-refractivity contribution in [3.63, 3.8) is 0 Å². The van der Waals surface area contributed by atoms with E-state index >= 15 is 0 Å². The Morgan fingerprint density at radius 2 is 1.89 bits per heavy atom. The highest BCUT2D eigenvalue weighted by Crippen LogP contribution is 2.21. The molecule has 0 saturated heterocycles. The molecule has 1 amide bonds. The highest BCUT2D eigenvalue weighted by atomic mass is 32.2. The maximum absolute atomic E-state index is 11.8. The van der Waals surface area contributed by atoms with Crippen molar-refractivity contribution < 1.29 is 9.53 Å². The molecule has 0 aliphatic carbocycles. The predicted octanol–water partition coefficient (Wildman–Crippen LogP) is 1.65. The van der Waals surface area contributed by atoms with E-state index in [4.69, 9.17) is 4.74 Å². The van der Waals surface area contributed by atoms with Gasteiger partial charge in [-0.3, -0.25) is 4.79 Å². The molecule has 1 aromatic heterocycles. The third kappa shape index (κ3) is 4.80. The van der Waals surface area contributed by atoms with Crippen molar-refractivity contribution in [3.05, 3.63) is 17.0 Å². The number of aromatic nitrogens is 2. The normalized spacial score (nSPS) is 12.3. The molecule has 6 heteroatoms. The smallest absolute Gasteiger partial charge is 0.233 e. The maximum Gasteiger partial charge on any atom is 0.233 e. The van der Waals surface area contributed by atoms with Crippen molar-refractivity contribution in [2.45, 2.75) is 38.1 Å². The van der Waals surface area contributed by atoms with Crippen molar-refractivity contribution >= 4 is 17.7 Å². The fourth-order valence-corrected chi connectivity index (χ4v) is 2.31. The zero-order valence-corrected chi connectivity index (χ0v) is 12.9. The summed E-state index contributed by atoms with van der Waals surface area (Å²) in [5, 5.41) is 3.23. The van der Waals surface area contributed by atoms with Crippen LogP contribution in [0.2, 0.25) is 0 Å². The van der Waals surface area contributed by atoms with Crippen LogP contribution >= 0.6 is 11.8 Å². The van der Waals surface area contributed by atoms with Gasteiger partial charge in [0.15, 0.2) is 5.16 Å². The summed E-state index contributed by atoms with van der Waals surface area (Å²) in [4.78, 5) is 20.6. The summed E-state index contributed by atoms with van der Waals surface area (Å²) >= 11 is 1.37. The number of carbonyl (C=O) groups is 1. The molecule has 1 heterocycles. The van der Waals surface area contributed by atoms with Crippen molar-refractivity contribution in [2.75, 3.05) is 20.3 Å². The van der Waals surface area contributed by atoms with Crippen LogP contribution in [0.4, 0.5) is 0 Å². The van der Waals surface area contributed by atoms with Crippen LogP contribution in [0, 0.1) is 20.8 Å². The topological polar surface area (TPSA) is 64.1 Å². The number of thioether (sulfide) groups is 1. The quantitative estimate of drug-likeness (QED) is 0.488. The monoisotopic (exact) mass is 283 g/mol. The molecule has 0 saturated carbocycles. The molecule has 1 aromatic rings. The van der Waals surface area contributed by atoms with Gasteiger partial charge in [-0.1, -0.05) is 11.8 Å². The van der Waals surface area contributed by atoms with E-state index in [-0.39, 0.29) is 11.2 Å². The highest BCUT2D eigenvalue weighted by Gasteiger charge is 2.16. The first kappa shape index (κ1) is 15.9. The second kappa shape index (κ2) is 7.45. The SMILES string of the molecule is COCCNC(=O)[C@@H](C)Sc1nc(C)c(C)c(C)n1. The minimum absolute atomic E-state index is 0.0264. The van der Waals surface area contributed by atoms with Crippen molar-refractivity contribution in [2.24, 2.45) is 0 Å². The Labute approximate surface area is 118 Å². The number of nitrogens with zero attached hydrogens (tertiary/aromatic N) is 2. The number of methoxy groups -OCH3 is 1. The third-order valence-corrected chi connectivity index (χ3v) is 3.83. The first-order valence-electron chi connectivity index (χ1n) is 6.20. The number of carbonyl (C=O) groups excluding carboxylic acids is 1. The van der Waals surface area contributed by atoms with Crippen LogP contribution in [0.3, 0.4) is 0 Å². The molecule has 106 valence electrons. The lowest BCUT2D eigenvalue weighted by atomic mass is 10.2. The minimum Gasteiger partial charge on any atom is -0.383 e. The standard InChI is InChI=1S/C13H21N3O2S/c1-8-9(2)15-13(16-10(8)3)19-11(4)12(17)14-6-7-18-5/h11H,6-7H2,1-5H3,(H,14,17)/t11-/m1/s1. The van der Waals surface area contributed by atoms with Crippen LogP contribution in [-0.4, -0.2) is 41.4 Å². The second-order valence-electron chi connectivity index (χ2n) is 4.35. The molecule has 0 bridgehead atoms. The molecule has 5 nitrogen and oxygen atoms in total. The Morgan fingerprint density at radius 1 is 1.32 bits per heavy atom. The Hall–Kier alpha value is -1.14. The van der Waals surface area contributed by atoms with Crippen molar-refractivity contribution in [3.8, 4) is 0 Å². The Bertz CT molecular complexity index is 429. The molecule has 1 atom stereocenters. The van der Waals surface area contributed by atoms with Crippen LogP contribution in [0.25, 0.3) is 0 Å². The average Bonchev–Trinajstić information content (AvgIpc) is 2.36. The summed E-state index contributed by atoms with van der Waals surface area (Å²) in [5.41, 5.74) is 3.02. The third-order valence-electron chi connectivity index (χ3n) is 2.87. The molecule has 0 unspecified atom stereocenters. The number of amides is 1. The van der Waals surface area contributed by atoms with Gasteiger partial charge in [0.05, 0.1) is 11.9 Å². The molecule has 0 aliphatic heterocycles. The van der Waals surface area contributed by atoms with Crippen LogP contribution in [0.15, 0.2) is 5.16 Å². The molecule has 0 aromatic carbocycles. The molecule has 0 spiro atoms. The molecule has 0 aliphatic rings. The van der Waals surface area contributed by atoms with E-state index in [0.29, 0.717) is 18.3 Å². The van der Waals surface area contributed by atoms with E-state index in [1.54, 1.807) is 7.11 Å². The second-order valence-corrected chi connectivity index (χ2v) is 5.65. The average molecular weight is 283 g/mol. The Morgan fingerprint density at radius 3 is 2.42 bits per heavy atom. The molecule has 1 rings (SSSR count). The zero-order chi connectivity index (χ0) is 14.4. The van der Waals surface area contributed by atoms with E-state index < -0.39 is 0 Å².